The second kappa shape index (κ2) is 11.9. The molecule has 0 N–H and O–H groups in total. The van der Waals surface area contributed by atoms with Crippen LogP contribution < -0.4 is 0 Å². The van der Waals surface area contributed by atoms with Gasteiger partial charge >= 0.3 is 0 Å². The molecule has 3 aromatic carbocycles. The van der Waals surface area contributed by atoms with E-state index < -0.39 is 5.60 Å². The number of benzene rings is 3. The standard InChI is InChI=1S/C28H30Cl3NO2/c1-2-15-32-16-14-28(23-9-11-24(29)12-10-23,34-20-21-6-4-3-5-7-21)27(18-32)33-19-22-8-13-25(30)26(31)17-22/h3-13,17,27H,2,14-16,18-20H2,1H3. The molecular formula is C28H30Cl3NO2. The lowest BCUT2D eigenvalue weighted by Crippen LogP contribution is -2.56. The normalized spacial score (nSPS) is 21.0. The fourth-order valence-electron chi connectivity index (χ4n) is 4.59. The van der Waals surface area contributed by atoms with Crippen molar-refractivity contribution in [3.05, 3.63) is 105 Å². The Balaban J connectivity index is 1.65. The number of ether oxygens (including phenoxy) is 2. The average Bonchev–Trinajstić information content (AvgIpc) is 2.85. The van der Waals surface area contributed by atoms with E-state index in [1.54, 1.807) is 0 Å². The molecule has 1 aliphatic heterocycles. The summed E-state index contributed by atoms with van der Waals surface area (Å²) < 4.78 is 13.4. The highest BCUT2D eigenvalue weighted by atomic mass is 35.5. The average molecular weight is 519 g/mol. The SMILES string of the molecule is CCCN1CCC(OCc2ccccc2)(c2ccc(Cl)cc2)C(OCc2ccc(Cl)c(Cl)c2)C1. The Labute approximate surface area is 217 Å². The van der Waals surface area contributed by atoms with E-state index >= 15 is 0 Å². The van der Waals surface area contributed by atoms with Crippen LogP contribution in [0.15, 0.2) is 72.8 Å². The summed E-state index contributed by atoms with van der Waals surface area (Å²) >= 11 is 18.6. The molecule has 1 saturated heterocycles. The molecule has 2 unspecified atom stereocenters. The molecule has 6 heteroatoms. The van der Waals surface area contributed by atoms with Gasteiger partial charge in [0.1, 0.15) is 11.7 Å². The number of hydrogen-bond donors (Lipinski definition) is 0. The highest BCUT2D eigenvalue weighted by Gasteiger charge is 2.46. The van der Waals surface area contributed by atoms with Crippen molar-refractivity contribution in [2.45, 2.75) is 44.7 Å². The minimum atomic E-state index is -0.596. The third-order valence-corrected chi connectivity index (χ3v) is 7.38. The molecule has 3 nitrogen and oxygen atoms in total. The zero-order chi connectivity index (χ0) is 24.0. The predicted molar refractivity (Wildman–Crippen MR) is 141 cm³/mol. The molecule has 0 saturated carbocycles. The third kappa shape index (κ3) is 6.15. The molecule has 0 aliphatic carbocycles. The van der Waals surface area contributed by atoms with E-state index in [1.807, 2.05) is 48.5 Å². The summed E-state index contributed by atoms with van der Waals surface area (Å²) in [4.78, 5) is 2.46. The third-order valence-electron chi connectivity index (χ3n) is 6.39. The summed E-state index contributed by atoms with van der Waals surface area (Å²) in [6.45, 7) is 5.89. The predicted octanol–water partition coefficient (Wildman–Crippen LogP) is 7.76. The summed E-state index contributed by atoms with van der Waals surface area (Å²) in [5, 5.41) is 1.78. The fraction of sp³-hybridized carbons (Fsp3) is 0.357. The van der Waals surface area contributed by atoms with Crippen molar-refractivity contribution in [1.82, 2.24) is 4.90 Å². The lowest BCUT2D eigenvalue weighted by atomic mass is 9.81. The maximum absolute atomic E-state index is 6.81. The van der Waals surface area contributed by atoms with E-state index in [4.69, 9.17) is 44.3 Å². The molecule has 0 bridgehead atoms. The van der Waals surface area contributed by atoms with Crippen LogP contribution in [0.3, 0.4) is 0 Å². The van der Waals surface area contributed by atoms with Crippen molar-refractivity contribution < 1.29 is 9.47 Å². The molecule has 0 spiro atoms. The summed E-state index contributed by atoms with van der Waals surface area (Å²) in [5.41, 5.74) is 2.61. The lowest BCUT2D eigenvalue weighted by Gasteiger charge is -2.47. The molecule has 1 fully saturated rings. The van der Waals surface area contributed by atoms with Gasteiger partial charge in [0.15, 0.2) is 0 Å². The van der Waals surface area contributed by atoms with Gasteiger partial charge in [-0.3, -0.25) is 0 Å². The van der Waals surface area contributed by atoms with Crippen LogP contribution in [0.5, 0.6) is 0 Å². The maximum Gasteiger partial charge on any atom is 0.122 e. The van der Waals surface area contributed by atoms with E-state index in [2.05, 4.69) is 36.1 Å². The first-order valence-corrected chi connectivity index (χ1v) is 12.9. The number of hydrogen-bond acceptors (Lipinski definition) is 3. The van der Waals surface area contributed by atoms with Crippen LogP contribution in [0, 0.1) is 0 Å². The van der Waals surface area contributed by atoms with Gasteiger partial charge in [-0.15, -0.1) is 0 Å². The molecule has 0 amide bonds. The quantitative estimate of drug-likeness (QED) is 0.289. The minimum absolute atomic E-state index is 0.174. The molecule has 1 heterocycles. The highest BCUT2D eigenvalue weighted by Crippen LogP contribution is 2.40. The summed E-state index contributed by atoms with van der Waals surface area (Å²) in [6, 6.07) is 23.9. The summed E-state index contributed by atoms with van der Waals surface area (Å²) in [5.74, 6) is 0. The smallest absolute Gasteiger partial charge is 0.122 e. The van der Waals surface area contributed by atoms with Gasteiger partial charge in [0, 0.05) is 18.1 Å². The van der Waals surface area contributed by atoms with E-state index in [0.717, 1.165) is 49.2 Å². The van der Waals surface area contributed by atoms with Crippen molar-refractivity contribution in [3.8, 4) is 0 Å². The molecule has 3 aromatic rings. The van der Waals surface area contributed by atoms with Gasteiger partial charge in [-0.2, -0.15) is 0 Å². The van der Waals surface area contributed by atoms with E-state index in [9.17, 15) is 0 Å². The second-order valence-electron chi connectivity index (χ2n) is 8.77. The van der Waals surface area contributed by atoms with Gasteiger partial charge in [0.2, 0.25) is 0 Å². The van der Waals surface area contributed by atoms with Crippen molar-refractivity contribution in [1.29, 1.82) is 0 Å². The lowest BCUT2D eigenvalue weighted by molar-refractivity contribution is -0.193. The Morgan fingerprint density at radius 3 is 2.35 bits per heavy atom. The van der Waals surface area contributed by atoms with Gasteiger partial charge in [0.25, 0.3) is 0 Å². The molecule has 34 heavy (non-hydrogen) atoms. The Morgan fingerprint density at radius 2 is 1.65 bits per heavy atom. The van der Waals surface area contributed by atoms with Crippen molar-refractivity contribution in [2.75, 3.05) is 19.6 Å². The first-order valence-electron chi connectivity index (χ1n) is 11.7. The highest BCUT2D eigenvalue weighted by molar-refractivity contribution is 6.42. The van der Waals surface area contributed by atoms with Crippen LogP contribution in [0.2, 0.25) is 15.1 Å². The van der Waals surface area contributed by atoms with Gasteiger partial charge in [-0.05, 0) is 60.3 Å². The van der Waals surface area contributed by atoms with Crippen LogP contribution >= 0.6 is 34.8 Å². The molecule has 0 aromatic heterocycles. The van der Waals surface area contributed by atoms with E-state index in [-0.39, 0.29) is 6.10 Å². The molecular weight excluding hydrogens is 489 g/mol. The van der Waals surface area contributed by atoms with Crippen LogP contribution in [-0.4, -0.2) is 30.6 Å². The Bertz CT molecular complexity index is 1060. The van der Waals surface area contributed by atoms with E-state index in [1.165, 1.54) is 0 Å². The first-order chi connectivity index (χ1) is 16.5. The first kappa shape index (κ1) is 25.5. The van der Waals surface area contributed by atoms with Gasteiger partial charge < -0.3 is 14.4 Å². The van der Waals surface area contributed by atoms with Gasteiger partial charge in [-0.1, -0.05) is 90.3 Å². The molecule has 1 aliphatic rings. The molecule has 0 radical (unpaired) electrons. The molecule has 180 valence electrons. The van der Waals surface area contributed by atoms with Crippen molar-refractivity contribution in [2.24, 2.45) is 0 Å². The van der Waals surface area contributed by atoms with Crippen molar-refractivity contribution >= 4 is 34.8 Å². The Hall–Kier alpha value is -1.59. The maximum atomic E-state index is 6.81. The van der Waals surface area contributed by atoms with Crippen LogP contribution in [-0.2, 0) is 28.3 Å². The summed E-state index contributed by atoms with van der Waals surface area (Å²) in [7, 11) is 0. The van der Waals surface area contributed by atoms with Crippen LogP contribution in [0.4, 0.5) is 0 Å². The zero-order valence-electron chi connectivity index (χ0n) is 19.4. The van der Waals surface area contributed by atoms with Gasteiger partial charge in [-0.25, -0.2) is 0 Å². The Morgan fingerprint density at radius 1 is 0.882 bits per heavy atom. The monoisotopic (exact) mass is 517 g/mol. The number of piperidine rings is 1. The molecule has 4 rings (SSSR count). The van der Waals surface area contributed by atoms with Crippen molar-refractivity contribution in [3.63, 3.8) is 0 Å². The largest absolute Gasteiger partial charge is 0.369 e. The number of likely N-dealkylation sites (tertiary alicyclic amines) is 1. The second-order valence-corrected chi connectivity index (χ2v) is 10.0. The number of rotatable bonds is 9. The Kier molecular flexibility index (Phi) is 8.92. The number of nitrogens with zero attached hydrogens (tertiary/aromatic N) is 1. The molecule has 2 atom stereocenters. The fourth-order valence-corrected chi connectivity index (χ4v) is 5.04. The van der Waals surface area contributed by atoms with Crippen LogP contribution in [0.1, 0.15) is 36.5 Å². The van der Waals surface area contributed by atoms with Gasteiger partial charge in [0.05, 0.1) is 23.3 Å². The topological polar surface area (TPSA) is 21.7 Å². The number of halogens is 3. The summed E-state index contributed by atoms with van der Waals surface area (Å²) in [6.07, 6.45) is 1.75. The van der Waals surface area contributed by atoms with E-state index in [0.29, 0.717) is 28.3 Å². The van der Waals surface area contributed by atoms with Crippen LogP contribution in [0.25, 0.3) is 0 Å². The zero-order valence-corrected chi connectivity index (χ0v) is 21.6. The minimum Gasteiger partial charge on any atom is -0.369 e.